The van der Waals surface area contributed by atoms with Gasteiger partial charge in [-0.05, 0) is 43.4 Å². The molecular formula is C17H24N4. The van der Waals surface area contributed by atoms with Crippen LogP contribution in [0, 0.1) is 0 Å². The maximum absolute atomic E-state index is 6.25. The SMILES string of the molecule is NC(CCc1cccnc1)Cc1ccn(C2CCCC2)n1. The van der Waals surface area contributed by atoms with E-state index in [1.165, 1.54) is 31.2 Å². The summed E-state index contributed by atoms with van der Waals surface area (Å²) < 4.78 is 2.15. The number of nitrogens with zero attached hydrogens (tertiary/aromatic N) is 3. The van der Waals surface area contributed by atoms with Gasteiger partial charge in [-0.3, -0.25) is 9.67 Å². The van der Waals surface area contributed by atoms with Gasteiger partial charge in [0.15, 0.2) is 0 Å². The maximum atomic E-state index is 6.25. The van der Waals surface area contributed by atoms with E-state index in [1.807, 2.05) is 12.3 Å². The molecular weight excluding hydrogens is 260 g/mol. The number of nitrogens with two attached hydrogens (primary N) is 1. The van der Waals surface area contributed by atoms with Gasteiger partial charge in [0.1, 0.15) is 0 Å². The van der Waals surface area contributed by atoms with Crippen molar-refractivity contribution < 1.29 is 0 Å². The first kappa shape index (κ1) is 14.3. The number of hydrogen-bond donors (Lipinski definition) is 1. The summed E-state index contributed by atoms with van der Waals surface area (Å²) >= 11 is 0. The molecule has 0 aromatic carbocycles. The molecule has 4 heteroatoms. The van der Waals surface area contributed by atoms with E-state index in [9.17, 15) is 0 Å². The van der Waals surface area contributed by atoms with Gasteiger partial charge in [-0.25, -0.2) is 0 Å². The van der Waals surface area contributed by atoms with E-state index >= 15 is 0 Å². The molecule has 2 aromatic heterocycles. The van der Waals surface area contributed by atoms with Crippen molar-refractivity contribution in [1.29, 1.82) is 0 Å². The molecule has 0 saturated heterocycles. The second kappa shape index (κ2) is 6.85. The fraction of sp³-hybridized carbons (Fsp3) is 0.529. The van der Waals surface area contributed by atoms with Crippen LogP contribution >= 0.6 is 0 Å². The Morgan fingerprint density at radius 2 is 2.14 bits per heavy atom. The van der Waals surface area contributed by atoms with Crippen LogP contribution in [0.3, 0.4) is 0 Å². The monoisotopic (exact) mass is 284 g/mol. The van der Waals surface area contributed by atoms with Gasteiger partial charge in [0, 0.05) is 31.1 Å². The molecule has 0 spiro atoms. The summed E-state index contributed by atoms with van der Waals surface area (Å²) in [6, 6.07) is 6.99. The van der Waals surface area contributed by atoms with Crippen molar-refractivity contribution in [1.82, 2.24) is 14.8 Å². The highest BCUT2D eigenvalue weighted by Crippen LogP contribution is 2.28. The minimum atomic E-state index is 0.164. The number of rotatable bonds is 6. The molecule has 1 aliphatic rings. The van der Waals surface area contributed by atoms with Crippen LogP contribution in [0.2, 0.25) is 0 Å². The maximum Gasteiger partial charge on any atom is 0.0640 e. The largest absolute Gasteiger partial charge is 0.327 e. The van der Waals surface area contributed by atoms with Crippen LogP contribution in [0.1, 0.15) is 49.4 Å². The minimum absolute atomic E-state index is 0.164. The van der Waals surface area contributed by atoms with Crippen LogP contribution in [0.25, 0.3) is 0 Å². The Balaban J connectivity index is 1.49. The van der Waals surface area contributed by atoms with E-state index in [4.69, 9.17) is 10.8 Å². The molecule has 1 atom stereocenters. The smallest absolute Gasteiger partial charge is 0.0640 e. The highest BCUT2D eigenvalue weighted by molar-refractivity contribution is 5.09. The molecule has 4 nitrogen and oxygen atoms in total. The van der Waals surface area contributed by atoms with Crippen molar-refractivity contribution in [2.75, 3.05) is 0 Å². The van der Waals surface area contributed by atoms with Gasteiger partial charge in [-0.2, -0.15) is 5.10 Å². The lowest BCUT2D eigenvalue weighted by Crippen LogP contribution is -2.24. The lowest BCUT2D eigenvalue weighted by atomic mass is 10.0. The summed E-state index contributed by atoms with van der Waals surface area (Å²) in [5.41, 5.74) is 8.63. The van der Waals surface area contributed by atoms with Gasteiger partial charge in [-0.15, -0.1) is 0 Å². The Hall–Kier alpha value is -1.68. The third kappa shape index (κ3) is 3.91. The van der Waals surface area contributed by atoms with Crippen LogP contribution in [0.5, 0.6) is 0 Å². The van der Waals surface area contributed by atoms with Gasteiger partial charge in [0.05, 0.1) is 11.7 Å². The second-order valence-corrected chi connectivity index (χ2v) is 6.09. The average Bonchev–Trinajstić information content (AvgIpc) is 3.17. The Morgan fingerprint density at radius 3 is 2.90 bits per heavy atom. The summed E-state index contributed by atoms with van der Waals surface area (Å²) in [6.07, 6.45) is 13.9. The molecule has 2 heterocycles. The first-order chi connectivity index (χ1) is 10.3. The fourth-order valence-corrected chi connectivity index (χ4v) is 3.13. The first-order valence-corrected chi connectivity index (χ1v) is 8.00. The van der Waals surface area contributed by atoms with E-state index in [0.717, 1.165) is 25.0 Å². The Kier molecular flexibility index (Phi) is 4.65. The number of pyridine rings is 1. The van der Waals surface area contributed by atoms with E-state index in [1.54, 1.807) is 6.20 Å². The highest BCUT2D eigenvalue weighted by atomic mass is 15.3. The fourth-order valence-electron chi connectivity index (χ4n) is 3.13. The van der Waals surface area contributed by atoms with Gasteiger partial charge in [0.25, 0.3) is 0 Å². The number of hydrogen-bond acceptors (Lipinski definition) is 3. The topological polar surface area (TPSA) is 56.7 Å². The molecule has 21 heavy (non-hydrogen) atoms. The summed E-state index contributed by atoms with van der Waals surface area (Å²) in [5, 5.41) is 4.71. The minimum Gasteiger partial charge on any atom is -0.327 e. The molecule has 1 aliphatic carbocycles. The van der Waals surface area contributed by atoms with E-state index in [2.05, 4.69) is 28.0 Å². The lowest BCUT2D eigenvalue weighted by molar-refractivity contribution is 0.460. The standard InChI is InChI=1S/C17H24N4/c18-15(8-7-14-4-3-10-19-13-14)12-16-9-11-21(20-16)17-5-1-2-6-17/h3-4,9-11,13,15,17H,1-2,5-8,12,18H2. The van der Waals surface area contributed by atoms with Crippen LogP contribution in [0.4, 0.5) is 0 Å². The third-order valence-corrected chi connectivity index (χ3v) is 4.36. The van der Waals surface area contributed by atoms with Crippen molar-refractivity contribution >= 4 is 0 Å². The highest BCUT2D eigenvalue weighted by Gasteiger charge is 2.17. The van der Waals surface area contributed by atoms with E-state index < -0.39 is 0 Å². The van der Waals surface area contributed by atoms with Gasteiger partial charge < -0.3 is 5.73 Å². The molecule has 1 unspecified atom stereocenters. The second-order valence-electron chi connectivity index (χ2n) is 6.09. The van der Waals surface area contributed by atoms with Crippen molar-refractivity contribution in [3.63, 3.8) is 0 Å². The summed E-state index contributed by atoms with van der Waals surface area (Å²) in [7, 11) is 0. The molecule has 2 aromatic rings. The Morgan fingerprint density at radius 1 is 1.29 bits per heavy atom. The molecule has 1 fully saturated rings. The Bertz CT molecular complexity index is 543. The van der Waals surface area contributed by atoms with Crippen LogP contribution in [-0.4, -0.2) is 20.8 Å². The molecule has 0 radical (unpaired) electrons. The molecule has 112 valence electrons. The van der Waals surface area contributed by atoms with Crippen molar-refractivity contribution in [3.8, 4) is 0 Å². The molecule has 0 bridgehead atoms. The number of aryl methyl sites for hydroxylation is 1. The van der Waals surface area contributed by atoms with E-state index in [0.29, 0.717) is 6.04 Å². The van der Waals surface area contributed by atoms with Gasteiger partial charge >= 0.3 is 0 Å². The average molecular weight is 284 g/mol. The summed E-state index contributed by atoms with van der Waals surface area (Å²) in [6.45, 7) is 0. The van der Waals surface area contributed by atoms with Crippen LogP contribution in [-0.2, 0) is 12.8 Å². The Labute approximate surface area is 126 Å². The number of aromatic nitrogens is 3. The predicted molar refractivity (Wildman–Crippen MR) is 84.0 cm³/mol. The van der Waals surface area contributed by atoms with Crippen molar-refractivity contribution in [2.24, 2.45) is 5.73 Å². The van der Waals surface area contributed by atoms with Crippen LogP contribution < -0.4 is 5.73 Å². The van der Waals surface area contributed by atoms with Crippen LogP contribution in [0.15, 0.2) is 36.8 Å². The van der Waals surface area contributed by atoms with Crippen molar-refractivity contribution in [2.45, 2.75) is 57.0 Å². The molecule has 0 aliphatic heterocycles. The normalized spacial score (nSPS) is 17.2. The summed E-state index contributed by atoms with van der Waals surface area (Å²) in [5.74, 6) is 0. The lowest BCUT2D eigenvalue weighted by Gasteiger charge is -2.11. The molecule has 1 saturated carbocycles. The zero-order valence-electron chi connectivity index (χ0n) is 12.5. The molecule has 3 rings (SSSR count). The van der Waals surface area contributed by atoms with Gasteiger partial charge in [-0.1, -0.05) is 18.9 Å². The predicted octanol–water partition coefficient (Wildman–Crippen LogP) is 2.90. The third-order valence-electron chi connectivity index (χ3n) is 4.36. The quantitative estimate of drug-likeness (QED) is 0.887. The van der Waals surface area contributed by atoms with Gasteiger partial charge in [0.2, 0.25) is 0 Å². The van der Waals surface area contributed by atoms with Crippen molar-refractivity contribution in [3.05, 3.63) is 48.0 Å². The zero-order chi connectivity index (χ0) is 14.5. The zero-order valence-corrected chi connectivity index (χ0v) is 12.5. The molecule has 2 N–H and O–H groups in total. The summed E-state index contributed by atoms with van der Waals surface area (Å²) in [4.78, 5) is 4.14. The first-order valence-electron chi connectivity index (χ1n) is 8.00. The van der Waals surface area contributed by atoms with E-state index in [-0.39, 0.29) is 6.04 Å². The molecule has 0 amide bonds.